The normalized spacial score (nSPS) is 29.4. The molecule has 3 nitrogen and oxygen atoms in total. The van der Waals surface area contributed by atoms with Crippen LogP contribution in [0.4, 0.5) is 0 Å². The maximum Gasteiger partial charge on any atom is 0.0699 e. The Morgan fingerprint density at radius 2 is 2.06 bits per heavy atom. The average molecular weight is 226 g/mol. The Morgan fingerprint density at radius 1 is 1.25 bits per heavy atom. The Kier molecular flexibility index (Phi) is 5.07. The second-order valence-electron chi connectivity index (χ2n) is 5.24. The van der Waals surface area contributed by atoms with Crippen LogP contribution in [0.25, 0.3) is 0 Å². The first kappa shape index (κ1) is 12.3. The lowest BCUT2D eigenvalue weighted by Crippen LogP contribution is -2.41. The van der Waals surface area contributed by atoms with E-state index in [1.54, 1.807) is 0 Å². The predicted molar refractivity (Wildman–Crippen MR) is 66.7 cm³/mol. The number of likely N-dealkylation sites (tertiary alicyclic amines) is 1. The molecule has 1 N–H and O–H groups in total. The second-order valence-corrected chi connectivity index (χ2v) is 5.24. The number of rotatable bonds is 5. The molecule has 94 valence electrons. The first-order valence-corrected chi connectivity index (χ1v) is 6.92. The van der Waals surface area contributed by atoms with Gasteiger partial charge in [0.15, 0.2) is 0 Å². The molecule has 0 saturated carbocycles. The van der Waals surface area contributed by atoms with Crippen molar-refractivity contribution in [3.8, 4) is 0 Å². The van der Waals surface area contributed by atoms with Crippen LogP contribution < -0.4 is 5.32 Å². The highest BCUT2D eigenvalue weighted by atomic mass is 16.5. The van der Waals surface area contributed by atoms with Crippen LogP contribution in [0.2, 0.25) is 0 Å². The van der Waals surface area contributed by atoms with Gasteiger partial charge in [-0.1, -0.05) is 0 Å². The van der Waals surface area contributed by atoms with Gasteiger partial charge in [0, 0.05) is 25.7 Å². The molecule has 2 heterocycles. The Morgan fingerprint density at radius 3 is 2.75 bits per heavy atom. The quantitative estimate of drug-likeness (QED) is 0.771. The zero-order chi connectivity index (χ0) is 11.2. The molecule has 2 aliphatic heterocycles. The Labute approximate surface area is 99.5 Å². The lowest BCUT2D eigenvalue weighted by molar-refractivity contribution is 0.0162. The third kappa shape index (κ3) is 3.72. The Hall–Kier alpha value is -0.120. The minimum atomic E-state index is 0.472. The van der Waals surface area contributed by atoms with Crippen molar-refractivity contribution < 1.29 is 4.74 Å². The topological polar surface area (TPSA) is 24.5 Å². The van der Waals surface area contributed by atoms with Gasteiger partial charge in [-0.15, -0.1) is 0 Å². The van der Waals surface area contributed by atoms with E-state index < -0.39 is 0 Å². The monoisotopic (exact) mass is 226 g/mol. The van der Waals surface area contributed by atoms with Crippen molar-refractivity contribution in [1.29, 1.82) is 0 Å². The largest absolute Gasteiger partial charge is 0.377 e. The molecular formula is C13H26N2O. The van der Waals surface area contributed by atoms with Crippen molar-refractivity contribution in [3.63, 3.8) is 0 Å². The third-order valence-electron chi connectivity index (χ3n) is 3.85. The third-order valence-corrected chi connectivity index (χ3v) is 3.85. The van der Waals surface area contributed by atoms with Crippen molar-refractivity contribution in [2.75, 3.05) is 32.8 Å². The summed E-state index contributed by atoms with van der Waals surface area (Å²) in [6.45, 7) is 8.04. The van der Waals surface area contributed by atoms with Crippen LogP contribution in [0.3, 0.4) is 0 Å². The molecule has 0 amide bonds. The summed E-state index contributed by atoms with van der Waals surface area (Å²) in [5.74, 6) is 0. The molecular weight excluding hydrogens is 200 g/mol. The van der Waals surface area contributed by atoms with E-state index in [2.05, 4.69) is 17.1 Å². The highest BCUT2D eigenvalue weighted by molar-refractivity contribution is 4.75. The lowest BCUT2D eigenvalue weighted by atomic mass is 10.1. The van der Waals surface area contributed by atoms with Crippen LogP contribution in [0, 0.1) is 0 Å². The molecule has 2 rings (SSSR count). The zero-order valence-electron chi connectivity index (χ0n) is 10.6. The van der Waals surface area contributed by atoms with E-state index in [1.165, 1.54) is 45.2 Å². The molecule has 16 heavy (non-hydrogen) atoms. The summed E-state index contributed by atoms with van der Waals surface area (Å²) in [7, 11) is 0. The molecule has 2 saturated heterocycles. The van der Waals surface area contributed by atoms with Crippen molar-refractivity contribution in [1.82, 2.24) is 10.2 Å². The van der Waals surface area contributed by atoms with Gasteiger partial charge in [-0.3, -0.25) is 4.90 Å². The highest BCUT2D eigenvalue weighted by Crippen LogP contribution is 2.13. The SMILES string of the molecule is CC(CNCC1CCCCO1)N1CCCC1. The molecule has 2 unspecified atom stereocenters. The van der Waals surface area contributed by atoms with E-state index in [0.717, 1.165) is 19.7 Å². The van der Waals surface area contributed by atoms with E-state index in [4.69, 9.17) is 4.74 Å². The van der Waals surface area contributed by atoms with Crippen molar-refractivity contribution in [3.05, 3.63) is 0 Å². The van der Waals surface area contributed by atoms with Gasteiger partial charge in [-0.05, 0) is 52.1 Å². The summed E-state index contributed by atoms with van der Waals surface area (Å²) in [6, 6.07) is 0.686. The maximum absolute atomic E-state index is 5.71. The van der Waals surface area contributed by atoms with Crippen LogP contribution in [-0.2, 0) is 4.74 Å². The highest BCUT2D eigenvalue weighted by Gasteiger charge is 2.18. The standard InChI is InChI=1S/C13H26N2O/c1-12(15-7-3-4-8-15)10-14-11-13-6-2-5-9-16-13/h12-14H,2-11H2,1H3. The predicted octanol–water partition coefficient (Wildman–Crippen LogP) is 1.63. The summed E-state index contributed by atoms with van der Waals surface area (Å²) >= 11 is 0. The van der Waals surface area contributed by atoms with Crippen molar-refractivity contribution in [2.24, 2.45) is 0 Å². The minimum Gasteiger partial charge on any atom is -0.377 e. The molecule has 0 radical (unpaired) electrons. The molecule has 0 aromatic carbocycles. The van der Waals surface area contributed by atoms with Crippen LogP contribution in [0.5, 0.6) is 0 Å². The van der Waals surface area contributed by atoms with Crippen LogP contribution >= 0.6 is 0 Å². The summed E-state index contributed by atoms with van der Waals surface area (Å²) < 4.78 is 5.71. The zero-order valence-corrected chi connectivity index (χ0v) is 10.6. The van der Waals surface area contributed by atoms with Crippen LogP contribution in [-0.4, -0.2) is 49.8 Å². The smallest absolute Gasteiger partial charge is 0.0699 e. The van der Waals surface area contributed by atoms with Crippen LogP contribution in [0.15, 0.2) is 0 Å². The van der Waals surface area contributed by atoms with Crippen molar-refractivity contribution in [2.45, 2.75) is 51.2 Å². The number of ether oxygens (including phenoxy) is 1. The molecule has 0 aromatic rings. The van der Waals surface area contributed by atoms with E-state index in [9.17, 15) is 0 Å². The fourth-order valence-electron chi connectivity index (χ4n) is 2.73. The van der Waals surface area contributed by atoms with E-state index in [1.807, 2.05) is 0 Å². The maximum atomic E-state index is 5.71. The van der Waals surface area contributed by atoms with Crippen molar-refractivity contribution >= 4 is 0 Å². The molecule has 2 atom stereocenters. The number of hydrogen-bond donors (Lipinski definition) is 1. The van der Waals surface area contributed by atoms with E-state index in [-0.39, 0.29) is 0 Å². The van der Waals surface area contributed by atoms with Gasteiger partial charge >= 0.3 is 0 Å². The first-order chi connectivity index (χ1) is 7.86. The van der Waals surface area contributed by atoms with E-state index >= 15 is 0 Å². The fourth-order valence-corrected chi connectivity index (χ4v) is 2.73. The number of hydrogen-bond acceptors (Lipinski definition) is 3. The minimum absolute atomic E-state index is 0.472. The summed E-state index contributed by atoms with van der Waals surface area (Å²) in [5, 5.41) is 3.57. The average Bonchev–Trinajstić information content (AvgIpc) is 2.84. The second kappa shape index (κ2) is 6.58. The number of nitrogens with one attached hydrogen (secondary N) is 1. The number of nitrogens with zero attached hydrogens (tertiary/aromatic N) is 1. The lowest BCUT2D eigenvalue weighted by Gasteiger charge is -2.26. The molecule has 0 aromatic heterocycles. The molecule has 0 bridgehead atoms. The first-order valence-electron chi connectivity index (χ1n) is 6.92. The van der Waals surface area contributed by atoms with Crippen LogP contribution in [0.1, 0.15) is 39.0 Å². The van der Waals surface area contributed by atoms with Gasteiger partial charge in [0.05, 0.1) is 6.10 Å². The molecule has 2 fully saturated rings. The molecule has 0 spiro atoms. The molecule has 2 aliphatic rings. The molecule has 3 heteroatoms. The fraction of sp³-hybridized carbons (Fsp3) is 1.00. The van der Waals surface area contributed by atoms with Gasteiger partial charge in [-0.25, -0.2) is 0 Å². The summed E-state index contributed by atoms with van der Waals surface area (Å²) in [5.41, 5.74) is 0. The Balaban J connectivity index is 1.56. The molecule has 0 aliphatic carbocycles. The van der Waals surface area contributed by atoms with E-state index in [0.29, 0.717) is 12.1 Å². The van der Waals surface area contributed by atoms with Gasteiger partial charge in [0.2, 0.25) is 0 Å². The summed E-state index contributed by atoms with van der Waals surface area (Å²) in [4.78, 5) is 2.59. The summed E-state index contributed by atoms with van der Waals surface area (Å²) in [6.07, 6.45) is 7.07. The Bertz CT molecular complexity index is 186. The van der Waals surface area contributed by atoms with Gasteiger partial charge in [0.25, 0.3) is 0 Å². The van der Waals surface area contributed by atoms with Gasteiger partial charge in [0.1, 0.15) is 0 Å². The van der Waals surface area contributed by atoms with Gasteiger partial charge < -0.3 is 10.1 Å². The van der Waals surface area contributed by atoms with Gasteiger partial charge in [-0.2, -0.15) is 0 Å².